The summed E-state index contributed by atoms with van der Waals surface area (Å²) in [7, 11) is 0. The molecule has 1 amide bonds. The van der Waals surface area contributed by atoms with Crippen LogP contribution < -0.4 is 10.6 Å². The average molecular weight is 266 g/mol. The molecule has 0 saturated heterocycles. The summed E-state index contributed by atoms with van der Waals surface area (Å²) in [5.41, 5.74) is -0.152. The normalized spacial score (nSPS) is 15.0. The molecule has 1 heterocycles. The van der Waals surface area contributed by atoms with E-state index in [4.69, 9.17) is 0 Å². The topological polar surface area (TPSA) is 59.0 Å². The Labute approximate surface area is 115 Å². The minimum atomic E-state index is -0.204. The fourth-order valence-electron chi connectivity index (χ4n) is 1.80. The minimum absolute atomic E-state index is 0.0457. The van der Waals surface area contributed by atoms with E-state index >= 15 is 0 Å². The summed E-state index contributed by atoms with van der Waals surface area (Å²) < 4.78 is 2.00. The Kier molecular flexibility index (Phi) is 5.54. The van der Waals surface area contributed by atoms with Gasteiger partial charge in [-0.25, -0.2) is 4.98 Å². The average Bonchev–Trinajstić information content (AvgIpc) is 2.81. The molecule has 0 spiro atoms. The molecule has 19 heavy (non-hydrogen) atoms. The smallest absolute Gasteiger partial charge is 0.237 e. The predicted molar refractivity (Wildman–Crippen MR) is 76.8 cm³/mol. The molecule has 2 unspecified atom stereocenters. The van der Waals surface area contributed by atoms with Crippen LogP contribution in [-0.4, -0.2) is 33.1 Å². The van der Waals surface area contributed by atoms with Gasteiger partial charge in [0.1, 0.15) is 0 Å². The third kappa shape index (κ3) is 5.42. The van der Waals surface area contributed by atoms with Crippen LogP contribution in [0.5, 0.6) is 0 Å². The Morgan fingerprint density at radius 3 is 2.63 bits per heavy atom. The second-order valence-corrected chi connectivity index (χ2v) is 5.78. The van der Waals surface area contributed by atoms with Gasteiger partial charge in [0.05, 0.1) is 12.4 Å². The molecular formula is C14H26N4O. The number of amides is 1. The molecule has 0 aliphatic carbocycles. The molecule has 108 valence electrons. The molecule has 0 aliphatic heterocycles. The molecule has 1 rings (SSSR count). The van der Waals surface area contributed by atoms with Crippen molar-refractivity contribution in [3.8, 4) is 0 Å². The lowest BCUT2D eigenvalue weighted by molar-refractivity contribution is -0.124. The van der Waals surface area contributed by atoms with Crippen LogP contribution in [0.2, 0.25) is 0 Å². The van der Waals surface area contributed by atoms with E-state index in [1.54, 1.807) is 12.5 Å². The molecule has 0 fully saturated rings. The summed E-state index contributed by atoms with van der Waals surface area (Å²) in [6.45, 7) is 10.9. The van der Waals surface area contributed by atoms with Gasteiger partial charge in [0, 0.05) is 30.5 Å². The van der Waals surface area contributed by atoms with Crippen LogP contribution in [0.25, 0.3) is 0 Å². The number of hydrogen-bond donors (Lipinski definition) is 2. The quantitative estimate of drug-likeness (QED) is 0.787. The van der Waals surface area contributed by atoms with E-state index in [-0.39, 0.29) is 23.5 Å². The lowest BCUT2D eigenvalue weighted by Gasteiger charge is -2.28. The van der Waals surface area contributed by atoms with Crippen LogP contribution >= 0.6 is 0 Å². The second-order valence-electron chi connectivity index (χ2n) is 5.78. The van der Waals surface area contributed by atoms with E-state index in [9.17, 15) is 4.79 Å². The maximum atomic E-state index is 12.1. The molecule has 2 N–H and O–H groups in total. The fraction of sp³-hybridized carbons (Fsp3) is 0.714. The fourth-order valence-corrected chi connectivity index (χ4v) is 1.80. The Bertz CT molecular complexity index is 386. The molecule has 0 aliphatic rings. The van der Waals surface area contributed by atoms with Gasteiger partial charge in [-0.1, -0.05) is 6.92 Å². The molecule has 1 aromatic heterocycles. The van der Waals surface area contributed by atoms with Gasteiger partial charge in [-0.2, -0.15) is 0 Å². The first kappa shape index (κ1) is 15.7. The van der Waals surface area contributed by atoms with E-state index in [1.807, 2.05) is 31.5 Å². The van der Waals surface area contributed by atoms with Gasteiger partial charge in [-0.05, 0) is 34.1 Å². The number of hydrogen-bond acceptors (Lipinski definition) is 3. The molecule has 0 bridgehead atoms. The van der Waals surface area contributed by atoms with Crippen molar-refractivity contribution < 1.29 is 4.79 Å². The number of nitrogens with one attached hydrogen (secondary N) is 2. The number of aromatic nitrogens is 2. The van der Waals surface area contributed by atoms with Crippen molar-refractivity contribution in [3.63, 3.8) is 0 Å². The number of imidazole rings is 1. The van der Waals surface area contributed by atoms with E-state index < -0.39 is 0 Å². The van der Waals surface area contributed by atoms with Crippen molar-refractivity contribution in [3.05, 3.63) is 18.7 Å². The van der Waals surface area contributed by atoms with Crippen LogP contribution in [0.4, 0.5) is 0 Å². The monoisotopic (exact) mass is 266 g/mol. The highest BCUT2D eigenvalue weighted by Gasteiger charge is 2.22. The van der Waals surface area contributed by atoms with Crippen LogP contribution in [0.1, 0.15) is 41.0 Å². The number of nitrogens with zero attached hydrogens (tertiary/aromatic N) is 2. The molecule has 0 aromatic carbocycles. The molecule has 1 aromatic rings. The largest absolute Gasteiger partial charge is 0.350 e. The standard InChI is InChI=1S/C14H26N4O/c1-6-14(4,5)17-13(19)12(3)16-11(2)9-18-8-7-15-10-18/h7-8,10-12,16H,6,9H2,1-5H3,(H,17,19). The van der Waals surface area contributed by atoms with Gasteiger partial charge < -0.3 is 15.2 Å². The lowest BCUT2D eigenvalue weighted by Crippen LogP contribution is -2.52. The van der Waals surface area contributed by atoms with Crippen LogP contribution in [0, 0.1) is 0 Å². The number of carbonyl (C=O) groups excluding carboxylic acids is 1. The predicted octanol–water partition coefficient (Wildman–Crippen LogP) is 1.55. The second kappa shape index (κ2) is 6.70. The first-order valence-corrected chi connectivity index (χ1v) is 6.88. The Balaban J connectivity index is 2.41. The molecule has 5 heteroatoms. The van der Waals surface area contributed by atoms with Gasteiger partial charge >= 0.3 is 0 Å². The van der Waals surface area contributed by atoms with Gasteiger partial charge in [0.15, 0.2) is 0 Å². The minimum Gasteiger partial charge on any atom is -0.350 e. The summed E-state index contributed by atoms with van der Waals surface area (Å²) in [6, 6.07) is 0.00374. The molecule has 0 radical (unpaired) electrons. The zero-order chi connectivity index (χ0) is 14.5. The summed E-state index contributed by atoms with van der Waals surface area (Å²) in [6.07, 6.45) is 6.37. The van der Waals surface area contributed by atoms with Crippen molar-refractivity contribution in [2.45, 2.75) is 65.2 Å². The highest BCUT2D eigenvalue weighted by atomic mass is 16.2. The molecular weight excluding hydrogens is 240 g/mol. The van der Waals surface area contributed by atoms with Crippen LogP contribution in [-0.2, 0) is 11.3 Å². The van der Waals surface area contributed by atoms with E-state index in [0.29, 0.717) is 0 Å². The lowest BCUT2D eigenvalue weighted by atomic mass is 10.0. The van der Waals surface area contributed by atoms with E-state index in [1.165, 1.54) is 0 Å². The Morgan fingerprint density at radius 1 is 1.42 bits per heavy atom. The zero-order valence-corrected chi connectivity index (χ0v) is 12.6. The first-order valence-electron chi connectivity index (χ1n) is 6.88. The van der Waals surface area contributed by atoms with Gasteiger partial charge in [0.25, 0.3) is 0 Å². The zero-order valence-electron chi connectivity index (χ0n) is 12.6. The summed E-state index contributed by atoms with van der Waals surface area (Å²) in [4.78, 5) is 16.1. The number of carbonyl (C=O) groups is 1. The third-order valence-electron chi connectivity index (χ3n) is 3.32. The first-order chi connectivity index (χ1) is 8.84. The van der Waals surface area contributed by atoms with Crippen molar-refractivity contribution in [1.82, 2.24) is 20.2 Å². The molecule has 2 atom stereocenters. The molecule has 5 nitrogen and oxygen atoms in total. The highest BCUT2D eigenvalue weighted by molar-refractivity contribution is 5.82. The van der Waals surface area contributed by atoms with Crippen LogP contribution in [0.15, 0.2) is 18.7 Å². The van der Waals surface area contributed by atoms with Crippen molar-refractivity contribution in [2.24, 2.45) is 0 Å². The van der Waals surface area contributed by atoms with Crippen LogP contribution in [0.3, 0.4) is 0 Å². The van der Waals surface area contributed by atoms with Crippen molar-refractivity contribution in [2.75, 3.05) is 0 Å². The highest BCUT2D eigenvalue weighted by Crippen LogP contribution is 2.07. The molecule has 0 saturated carbocycles. The van der Waals surface area contributed by atoms with Crippen molar-refractivity contribution in [1.29, 1.82) is 0 Å². The van der Waals surface area contributed by atoms with E-state index in [2.05, 4.69) is 29.5 Å². The maximum absolute atomic E-state index is 12.1. The van der Waals surface area contributed by atoms with Gasteiger partial charge in [-0.3, -0.25) is 4.79 Å². The van der Waals surface area contributed by atoms with Gasteiger partial charge in [-0.15, -0.1) is 0 Å². The SMILES string of the molecule is CCC(C)(C)NC(=O)C(C)NC(C)Cn1ccnc1. The number of rotatable bonds is 7. The third-order valence-corrected chi connectivity index (χ3v) is 3.32. The summed E-state index contributed by atoms with van der Waals surface area (Å²) in [5, 5.41) is 6.35. The Morgan fingerprint density at radius 2 is 2.11 bits per heavy atom. The summed E-state index contributed by atoms with van der Waals surface area (Å²) >= 11 is 0. The summed E-state index contributed by atoms with van der Waals surface area (Å²) in [5.74, 6) is 0.0457. The van der Waals surface area contributed by atoms with E-state index in [0.717, 1.165) is 13.0 Å². The van der Waals surface area contributed by atoms with Gasteiger partial charge in [0.2, 0.25) is 5.91 Å². The van der Waals surface area contributed by atoms with Crippen molar-refractivity contribution >= 4 is 5.91 Å². The Hall–Kier alpha value is -1.36. The maximum Gasteiger partial charge on any atom is 0.237 e.